The van der Waals surface area contributed by atoms with Crippen LogP contribution in [0.25, 0.3) is 21.9 Å². The normalized spacial score (nSPS) is 24.1. The van der Waals surface area contributed by atoms with Crippen molar-refractivity contribution < 1.29 is 37.4 Å². The van der Waals surface area contributed by atoms with Crippen LogP contribution in [0.1, 0.15) is 52.6 Å². The highest BCUT2D eigenvalue weighted by Gasteiger charge is 2.58. The summed E-state index contributed by atoms with van der Waals surface area (Å²) in [5.74, 6) is 2.59. The van der Waals surface area contributed by atoms with Crippen LogP contribution in [0.5, 0.6) is 5.75 Å². The Labute approximate surface area is 290 Å². The molecule has 2 aromatic carbocycles. The molecule has 0 unspecified atom stereocenters. The van der Waals surface area contributed by atoms with Gasteiger partial charge in [0.2, 0.25) is 5.67 Å². The molecule has 4 aromatic rings. The van der Waals surface area contributed by atoms with Gasteiger partial charge in [0.1, 0.15) is 29.8 Å². The number of halogens is 1. The lowest BCUT2D eigenvalue weighted by atomic mass is 9.97. The van der Waals surface area contributed by atoms with E-state index >= 15 is 4.39 Å². The zero-order chi connectivity index (χ0) is 36.0. The maximum Gasteiger partial charge on any atom is 0.459 e. The first-order valence-electron chi connectivity index (χ1n) is 16.4. The topological polar surface area (TPSA) is 150 Å². The highest BCUT2D eigenvalue weighted by atomic mass is 31.2. The van der Waals surface area contributed by atoms with Gasteiger partial charge in [-0.15, -0.1) is 6.42 Å². The van der Waals surface area contributed by atoms with Crippen LogP contribution in [0.15, 0.2) is 48.8 Å². The Balaban J connectivity index is 1.27. The molecule has 266 valence electrons. The third-order valence-electron chi connectivity index (χ3n) is 8.59. The van der Waals surface area contributed by atoms with Crippen molar-refractivity contribution in [3.8, 4) is 18.1 Å². The Hall–Kier alpha value is -4.12. The Morgan fingerprint density at radius 1 is 1.26 bits per heavy atom. The molecular weight excluding hydrogens is 666 g/mol. The molecule has 13 nitrogen and oxygen atoms in total. The van der Waals surface area contributed by atoms with E-state index in [1.165, 1.54) is 17.8 Å². The molecule has 0 amide bonds. The highest BCUT2D eigenvalue weighted by Crippen LogP contribution is 2.49. The number of aromatic nitrogens is 4. The van der Waals surface area contributed by atoms with Gasteiger partial charge >= 0.3 is 13.7 Å². The van der Waals surface area contributed by atoms with Crippen LogP contribution in [0.3, 0.4) is 0 Å². The fraction of sp³-hybridized carbons (Fsp3) is 0.486. The molecule has 0 bridgehead atoms. The summed E-state index contributed by atoms with van der Waals surface area (Å²) >= 11 is 0. The maximum absolute atomic E-state index is 16.6. The van der Waals surface area contributed by atoms with Crippen molar-refractivity contribution in [3.05, 3.63) is 54.6 Å². The second-order valence-electron chi connectivity index (χ2n) is 14.0. The number of nitrogens with one attached hydrogen (secondary N) is 1. The Kier molecular flexibility index (Phi) is 9.67. The van der Waals surface area contributed by atoms with Crippen LogP contribution in [-0.4, -0.2) is 80.8 Å². The van der Waals surface area contributed by atoms with E-state index in [-0.39, 0.29) is 23.4 Å². The van der Waals surface area contributed by atoms with Gasteiger partial charge in [-0.3, -0.25) is 13.9 Å². The number of aliphatic hydroxyl groups excluding tert-OH is 1. The number of aliphatic hydroxyl groups is 1. The van der Waals surface area contributed by atoms with Gasteiger partial charge in [0.15, 0.2) is 23.2 Å². The standard InChI is InChI=1S/C35H42FN6O7P/c1-8-35(36)29(43)27(48-33(35)42-20-37-28-30(41(7)24-16-17-24)38-22(3)39-31(28)42)18-47-50(45,40-21(2)32(44)46-19-34(4,5)6)49-26-15-11-13-23-12-9-10-14-25(23)26/h1,9-15,20-21,24,27,29,33,43H,16-19H2,2-7H3,(H,40,45)/t21-,27+,29+,33+,35+,50+/m0/s1. The van der Waals surface area contributed by atoms with Crippen molar-refractivity contribution in [1.82, 2.24) is 24.6 Å². The Morgan fingerprint density at radius 2 is 1.98 bits per heavy atom. The van der Waals surface area contributed by atoms with Crippen molar-refractivity contribution in [3.63, 3.8) is 0 Å². The number of aryl methyl sites for hydroxylation is 1. The van der Waals surface area contributed by atoms with Gasteiger partial charge < -0.3 is 24.0 Å². The van der Waals surface area contributed by atoms with Gasteiger partial charge in [-0.2, -0.15) is 5.09 Å². The molecule has 50 heavy (non-hydrogen) atoms. The molecule has 1 saturated carbocycles. The summed E-state index contributed by atoms with van der Waals surface area (Å²) in [6.45, 7) is 8.37. The average Bonchev–Trinajstić information content (AvgIpc) is 3.80. The van der Waals surface area contributed by atoms with E-state index in [9.17, 15) is 14.5 Å². The molecule has 1 aliphatic heterocycles. The lowest BCUT2D eigenvalue weighted by molar-refractivity contribution is -0.148. The van der Waals surface area contributed by atoms with Crippen LogP contribution in [-0.2, 0) is 23.4 Å². The summed E-state index contributed by atoms with van der Waals surface area (Å²) in [7, 11) is -2.54. The fourth-order valence-corrected chi connectivity index (χ4v) is 7.26. The molecule has 6 rings (SSSR count). The minimum atomic E-state index is -4.46. The number of carbonyl (C=O) groups excluding carboxylic acids is 1. The molecule has 2 aliphatic rings. The quantitative estimate of drug-likeness (QED) is 0.112. The smallest absolute Gasteiger partial charge is 0.459 e. The number of carbonyl (C=O) groups is 1. The lowest BCUT2D eigenvalue weighted by Crippen LogP contribution is -2.42. The molecule has 3 heterocycles. The molecule has 0 spiro atoms. The van der Waals surface area contributed by atoms with Crippen molar-refractivity contribution in [2.24, 2.45) is 5.41 Å². The highest BCUT2D eigenvalue weighted by molar-refractivity contribution is 7.52. The summed E-state index contributed by atoms with van der Waals surface area (Å²) in [4.78, 5) is 28.5. The van der Waals surface area contributed by atoms with Crippen molar-refractivity contribution in [2.75, 3.05) is 25.2 Å². The van der Waals surface area contributed by atoms with Crippen LogP contribution >= 0.6 is 7.75 Å². The average molecular weight is 709 g/mol. The summed E-state index contributed by atoms with van der Waals surface area (Å²) in [6, 6.07) is 11.6. The molecule has 2 fully saturated rings. The largest absolute Gasteiger partial charge is 0.464 e. The van der Waals surface area contributed by atoms with Crippen LogP contribution < -0.4 is 14.5 Å². The molecule has 0 radical (unpaired) electrons. The van der Waals surface area contributed by atoms with E-state index in [4.69, 9.17) is 24.9 Å². The zero-order valence-corrected chi connectivity index (χ0v) is 29.8. The van der Waals surface area contributed by atoms with Gasteiger partial charge in [-0.25, -0.2) is 23.9 Å². The van der Waals surface area contributed by atoms with Crippen molar-refractivity contribution in [1.29, 1.82) is 0 Å². The van der Waals surface area contributed by atoms with E-state index in [0.29, 0.717) is 28.6 Å². The van der Waals surface area contributed by atoms with Gasteiger partial charge in [0.25, 0.3) is 0 Å². The van der Waals surface area contributed by atoms with Crippen LogP contribution in [0, 0.1) is 24.7 Å². The first-order valence-corrected chi connectivity index (χ1v) is 18.0. The molecule has 15 heteroatoms. The fourth-order valence-electron chi connectivity index (χ4n) is 5.74. The van der Waals surface area contributed by atoms with E-state index in [0.717, 1.165) is 18.2 Å². The molecule has 2 aromatic heterocycles. The molecule has 1 saturated heterocycles. The molecule has 1 aliphatic carbocycles. The minimum Gasteiger partial charge on any atom is -0.464 e. The van der Waals surface area contributed by atoms with E-state index < -0.39 is 50.5 Å². The first kappa shape index (κ1) is 35.7. The number of ether oxygens (including phenoxy) is 2. The van der Waals surface area contributed by atoms with E-state index in [1.807, 2.05) is 50.9 Å². The minimum absolute atomic E-state index is 0.118. The predicted molar refractivity (Wildman–Crippen MR) is 185 cm³/mol. The number of imidazole rings is 1. The summed E-state index contributed by atoms with van der Waals surface area (Å²) in [6.07, 6.45) is 4.14. The molecular formula is C35H42FN6O7P. The number of esters is 1. The van der Waals surface area contributed by atoms with E-state index in [1.54, 1.807) is 31.2 Å². The molecule has 6 atom stereocenters. The van der Waals surface area contributed by atoms with E-state index in [2.05, 4.69) is 26.0 Å². The third-order valence-corrected chi connectivity index (χ3v) is 10.2. The first-order chi connectivity index (χ1) is 23.6. The number of alkyl halides is 1. The number of terminal acetylenes is 1. The number of nitrogens with zero attached hydrogens (tertiary/aromatic N) is 5. The third kappa shape index (κ3) is 7.20. The number of anilines is 1. The van der Waals surface area contributed by atoms with Crippen LogP contribution in [0.4, 0.5) is 10.2 Å². The Bertz CT molecular complexity index is 1990. The Morgan fingerprint density at radius 3 is 2.68 bits per heavy atom. The van der Waals surface area contributed by atoms with Gasteiger partial charge in [-0.1, -0.05) is 63.1 Å². The second kappa shape index (κ2) is 13.5. The number of hydrogen-bond donors (Lipinski definition) is 2. The van der Waals surface area contributed by atoms with Crippen molar-refractivity contribution in [2.45, 2.75) is 83.6 Å². The van der Waals surface area contributed by atoms with Crippen molar-refractivity contribution >= 4 is 41.5 Å². The maximum atomic E-state index is 16.6. The SMILES string of the molecule is C#C[C@@]1(F)[C@H](O)[C@@H](CO[P@](=O)(N[C@@H](C)C(=O)OCC(C)(C)C)Oc2cccc3ccccc23)O[C@H]1n1cnc2c(N(C)C3CC3)nc(C)nc21. The van der Waals surface area contributed by atoms with Crippen LogP contribution in [0.2, 0.25) is 0 Å². The number of rotatable bonds is 12. The number of fused-ring (bicyclic) bond motifs is 2. The number of hydrogen-bond acceptors (Lipinski definition) is 11. The number of benzene rings is 2. The summed E-state index contributed by atoms with van der Waals surface area (Å²) < 4.78 is 55.7. The summed E-state index contributed by atoms with van der Waals surface area (Å²) in [5.41, 5.74) is -2.38. The van der Waals surface area contributed by atoms with Gasteiger partial charge in [-0.05, 0) is 43.6 Å². The zero-order valence-electron chi connectivity index (χ0n) is 28.9. The van der Waals surface area contributed by atoms with Gasteiger partial charge in [0, 0.05) is 18.5 Å². The lowest BCUT2D eigenvalue weighted by Gasteiger charge is -2.26. The summed E-state index contributed by atoms with van der Waals surface area (Å²) in [5, 5.41) is 15.3. The second-order valence-corrected chi connectivity index (χ2v) is 15.7. The van der Waals surface area contributed by atoms with Gasteiger partial charge in [0.05, 0.1) is 19.5 Å². The predicted octanol–water partition coefficient (Wildman–Crippen LogP) is 5.26. The molecule has 2 N–H and O–H groups in total. The monoisotopic (exact) mass is 708 g/mol.